The van der Waals surface area contributed by atoms with E-state index in [2.05, 4.69) is 15.1 Å². The summed E-state index contributed by atoms with van der Waals surface area (Å²) in [6.45, 7) is 1.66. The van der Waals surface area contributed by atoms with Gasteiger partial charge in [-0.2, -0.15) is 18.2 Å². The molecule has 8 heteroatoms. The molecule has 0 aliphatic carbocycles. The highest BCUT2D eigenvalue weighted by Crippen LogP contribution is 2.29. The van der Waals surface area contributed by atoms with Gasteiger partial charge in [-0.1, -0.05) is 16.9 Å². The zero-order valence-electron chi connectivity index (χ0n) is 9.23. The lowest BCUT2D eigenvalue weighted by molar-refractivity contribution is -0.137. The molecule has 0 spiro atoms. The van der Waals surface area contributed by atoms with Gasteiger partial charge >= 0.3 is 6.18 Å². The first-order chi connectivity index (χ1) is 8.45. The van der Waals surface area contributed by atoms with E-state index in [1.165, 1.54) is 17.8 Å². The highest BCUT2D eigenvalue weighted by molar-refractivity contribution is 7.98. The summed E-state index contributed by atoms with van der Waals surface area (Å²) in [4.78, 5) is 7.70. The number of halogens is 3. The minimum Gasteiger partial charge on any atom is -0.340 e. The average molecular weight is 275 g/mol. The quantitative estimate of drug-likeness (QED) is 0.806. The predicted octanol–water partition coefficient (Wildman–Crippen LogP) is 3.08. The van der Waals surface area contributed by atoms with E-state index in [0.717, 1.165) is 12.3 Å². The van der Waals surface area contributed by atoms with Crippen molar-refractivity contribution in [3.05, 3.63) is 35.6 Å². The van der Waals surface area contributed by atoms with Crippen LogP contribution in [0.5, 0.6) is 0 Å². The van der Waals surface area contributed by atoms with Crippen LogP contribution in [0.3, 0.4) is 0 Å². The highest BCUT2D eigenvalue weighted by atomic mass is 32.2. The van der Waals surface area contributed by atoms with Gasteiger partial charge < -0.3 is 4.52 Å². The van der Waals surface area contributed by atoms with Gasteiger partial charge in [0.15, 0.2) is 5.82 Å². The summed E-state index contributed by atoms with van der Waals surface area (Å²) < 4.78 is 41.7. The lowest BCUT2D eigenvalue weighted by Crippen LogP contribution is -2.05. The summed E-state index contributed by atoms with van der Waals surface area (Å²) in [5.41, 5.74) is -0.762. The van der Waals surface area contributed by atoms with E-state index in [0.29, 0.717) is 22.5 Å². The Bertz CT molecular complexity index is 524. The number of alkyl halides is 3. The molecule has 2 aromatic heterocycles. The van der Waals surface area contributed by atoms with Crippen LogP contribution in [-0.4, -0.2) is 15.1 Å². The van der Waals surface area contributed by atoms with Crippen LogP contribution in [-0.2, 0) is 11.9 Å². The second-order valence-electron chi connectivity index (χ2n) is 3.40. The Labute approximate surface area is 105 Å². The molecule has 0 aliphatic heterocycles. The second-order valence-corrected chi connectivity index (χ2v) is 4.40. The molecule has 0 bridgehead atoms. The van der Waals surface area contributed by atoms with Crippen molar-refractivity contribution in [1.29, 1.82) is 0 Å². The van der Waals surface area contributed by atoms with Crippen molar-refractivity contribution in [1.82, 2.24) is 15.1 Å². The van der Waals surface area contributed by atoms with Crippen LogP contribution in [0.25, 0.3) is 0 Å². The fraction of sp³-hybridized carbons (Fsp3) is 0.300. The van der Waals surface area contributed by atoms with Crippen molar-refractivity contribution < 1.29 is 17.7 Å². The molecule has 0 aliphatic rings. The summed E-state index contributed by atoms with van der Waals surface area (Å²) in [5.74, 6) is 1.33. The number of pyridine rings is 1. The van der Waals surface area contributed by atoms with Crippen molar-refractivity contribution in [3.8, 4) is 0 Å². The van der Waals surface area contributed by atoms with E-state index < -0.39 is 11.7 Å². The van der Waals surface area contributed by atoms with Gasteiger partial charge in [0.2, 0.25) is 5.89 Å². The SMILES string of the molecule is Cc1nc(CSc2ccc(C(F)(F)F)cn2)no1. The second kappa shape index (κ2) is 4.97. The van der Waals surface area contributed by atoms with Gasteiger partial charge in [0, 0.05) is 13.1 Å². The van der Waals surface area contributed by atoms with Gasteiger partial charge in [-0.15, -0.1) is 0 Å². The smallest absolute Gasteiger partial charge is 0.340 e. The summed E-state index contributed by atoms with van der Waals surface area (Å²) in [5, 5.41) is 4.15. The topological polar surface area (TPSA) is 51.8 Å². The predicted molar refractivity (Wildman–Crippen MR) is 57.8 cm³/mol. The Morgan fingerprint density at radius 2 is 2.11 bits per heavy atom. The third kappa shape index (κ3) is 3.22. The van der Waals surface area contributed by atoms with Crippen LogP contribution in [0.1, 0.15) is 17.3 Å². The maximum atomic E-state index is 12.3. The van der Waals surface area contributed by atoms with Gasteiger partial charge in [0.1, 0.15) is 0 Å². The summed E-state index contributed by atoms with van der Waals surface area (Å²) in [7, 11) is 0. The Kier molecular flexibility index (Phi) is 3.55. The van der Waals surface area contributed by atoms with E-state index in [-0.39, 0.29) is 0 Å². The van der Waals surface area contributed by atoms with E-state index in [1.807, 2.05) is 0 Å². The van der Waals surface area contributed by atoms with Crippen LogP contribution in [0.15, 0.2) is 27.9 Å². The molecule has 2 aromatic rings. The zero-order valence-corrected chi connectivity index (χ0v) is 10.0. The maximum absolute atomic E-state index is 12.3. The number of aromatic nitrogens is 3. The molecule has 0 fully saturated rings. The molecule has 2 heterocycles. The Balaban J connectivity index is 1.98. The van der Waals surface area contributed by atoms with Crippen molar-refractivity contribution in [2.24, 2.45) is 0 Å². The van der Waals surface area contributed by atoms with E-state index in [1.54, 1.807) is 6.92 Å². The number of hydrogen-bond donors (Lipinski definition) is 0. The Morgan fingerprint density at radius 1 is 1.33 bits per heavy atom. The van der Waals surface area contributed by atoms with Crippen LogP contribution in [0, 0.1) is 6.92 Å². The molecular weight excluding hydrogens is 267 g/mol. The molecule has 0 radical (unpaired) electrons. The van der Waals surface area contributed by atoms with Crippen molar-refractivity contribution in [2.45, 2.75) is 23.9 Å². The van der Waals surface area contributed by atoms with Gasteiger partial charge in [-0.05, 0) is 12.1 Å². The number of aryl methyl sites for hydroxylation is 1. The molecule has 18 heavy (non-hydrogen) atoms. The van der Waals surface area contributed by atoms with Crippen molar-refractivity contribution >= 4 is 11.8 Å². The number of thioether (sulfide) groups is 1. The normalized spacial score (nSPS) is 11.8. The molecule has 2 rings (SSSR count). The Morgan fingerprint density at radius 3 is 2.61 bits per heavy atom. The fourth-order valence-electron chi connectivity index (χ4n) is 1.17. The van der Waals surface area contributed by atoms with Crippen molar-refractivity contribution in [3.63, 3.8) is 0 Å². The largest absolute Gasteiger partial charge is 0.417 e. The first-order valence-electron chi connectivity index (χ1n) is 4.90. The maximum Gasteiger partial charge on any atom is 0.417 e. The van der Waals surface area contributed by atoms with Gasteiger partial charge in [0.05, 0.1) is 16.3 Å². The van der Waals surface area contributed by atoms with Crippen molar-refractivity contribution in [2.75, 3.05) is 0 Å². The molecule has 0 N–H and O–H groups in total. The standard InChI is InChI=1S/C10H8F3N3OS/c1-6-15-8(16-17-6)5-18-9-3-2-7(4-14-9)10(11,12)13/h2-4H,5H2,1H3. The first-order valence-corrected chi connectivity index (χ1v) is 5.89. The highest BCUT2D eigenvalue weighted by Gasteiger charge is 2.30. The van der Waals surface area contributed by atoms with E-state index in [4.69, 9.17) is 4.52 Å². The van der Waals surface area contributed by atoms with E-state index >= 15 is 0 Å². The average Bonchev–Trinajstić information content (AvgIpc) is 2.72. The lowest BCUT2D eigenvalue weighted by Gasteiger charge is -2.05. The summed E-state index contributed by atoms with van der Waals surface area (Å²) in [6.07, 6.45) is -3.55. The minimum absolute atomic E-state index is 0.399. The molecule has 0 atom stereocenters. The molecule has 96 valence electrons. The Hall–Kier alpha value is -1.57. The third-order valence-corrected chi connectivity index (χ3v) is 2.92. The molecule has 4 nitrogen and oxygen atoms in total. The van der Waals surface area contributed by atoms with Crippen LogP contribution >= 0.6 is 11.8 Å². The number of nitrogens with zero attached hydrogens (tertiary/aromatic N) is 3. The van der Waals surface area contributed by atoms with Gasteiger partial charge in [-0.25, -0.2) is 4.98 Å². The van der Waals surface area contributed by atoms with Crippen LogP contribution in [0.4, 0.5) is 13.2 Å². The number of hydrogen-bond acceptors (Lipinski definition) is 5. The minimum atomic E-state index is -4.36. The van der Waals surface area contributed by atoms with Gasteiger partial charge in [0.25, 0.3) is 0 Å². The summed E-state index contributed by atoms with van der Waals surface area (Å²) in [6, 6.07) is 2.32. The fourth-order valence-corrected chi connectivity index (χ4v) is 1.86. The lowest BCUT2D eigenvalue weighted by atomic mass is 10.3. The monoisotopic (exact) mass is 275 g/mol. The molecule has 0 saturated carbocycles. The number of rotatable bonds is 3. The van der Waals surface area contributed by atoms with Gasteiger partial charge in [-0.3, -0.25) is 0 Å². The molecule has 0 amide bonds. The zero-order chi connectivity index (χ0) is 13.2. The molecule has 0 saturated heterocycles. The molecule has 0 unspecified atom stereocenters. The van der Waals surface area contributed by atoms with Crippen LogP contribution in [0.2, 0.25) is 0 Å². The van der Waals surface area contributed by atoms with Crippen LogP contribution < -0.4 is 0 Å². The van der Waals surface area contributed by atoms with E-state index in [9.17, 15) is 13.2 Å². The molecular formula is C10H8F3N3OS. The summed E-state index contributed by atoms with van der Waals surface area (Å²) >= 11 is 1.24. The first kappa shape index (κ1) is 12.9. The molecule has 0 aromatic carbocycles. The third-order valence-electron chi connectivity index (χ3n) is 1.98.